The second-order valence-electron chi connectivity index (χ2n) is 3.69. The van der Waals surface area contributed by atoms with Crippen molar-refractivity contribution in [3.63, 3.8) is 0 Å². The molecule has 4 N–H and O–H groups in total. The fraction of sp³-hybridized carbons (Fsp3) is 0.167. The molecule has 1 heterocycles. The number of benzene rings is 1. The summed E-state index contributed by atoms with van der Waals surface area (Å²) in [5, 5.41) is 9.05. The Morgan fingerprint density at radius 1 is 1.33 bits per heavy atom. The van der Waals surface area contributed by atoms with Crippen molar-refractivity contribution in [1.29, 1.82) is 0 Å². The van der Waals surface area contributed by atoms with E-state index in [0.29, 0.717) is 23.3 Å². The molecular weight excluding hydrogens is 232 g/mol. The molecule has 0 atom stereocenters. The van der Waals surface area contributed by atoms with Crippen LogP contribution in [0.4, 0.5) is 5.82 Å². The van der Waals surface area contributed by atoms with Crippen LogP contribution in [0.15, 0.2) is 30.3 Å². The van der Waals surface area contributed by atoms with E-state index in [1.807, 2.05) is 6.07 Å². The van der Waals surface area contributed by atoms with Crippen molar-refractivity contribution in [2.75, 3.05) is 5.43 Å². The number of rotatable bonds is 4. The predicted octanol–water partition coefficient (Wildman–Crippen LogP) is 1.36. The first-order chi connectivity index (χ1) is 8.71. The fourth-order valence-corrected chi connectivity index (χ4v) is 1.49. The Bertz CT molecular complexity index is 545. The third-order valence-corrected chi connectivity index (χ3v) is 2.27. The number of hydrazine groups is 1. The van der Waals surface area contributed by atoms with Gasteiger partial charge in [-0.2, -0.15) is 4.98 Å². The van der Waals surface area contributed by atoms with Gasteiger partial charge in [0.25, 0.3) is 0 Å². The van der Waals surface area contributed by atoms with Crippen LogP contribution in [0.5, 0.6) is 11.6 Å². The molecule has 2 aromatic rings. The van der Waals surface area contributed by atoms with Gasteiger partial charge in [0.05, 0.1) is 6.61 Å². The van der Waals surface area contributed by atoms with Gasteiger partial charge >= 0.3 is 0 Å². The summed E-state index contributed by atoms with van der Waals surface area (Å²) in [6.07, 6.45) is 0. The van der Waals surface area contributed by atoms with Crippen LogP contribution in [0, 0.1) is 6.92 Å². The molecule has 0 radical (unpaired) electrons. The number of ether oxygens (including phenoxy) is 1. The lowest BCUT2D eigenvalue weighted by Crippen LogP contribution is -2.09. The Hall–Kier alpha value is -2.18. The molecule has 0 fully saturated rings. The van der Waals surface area contributed by atoms with Gasteiger partial charge in [-0.05, 0) is 24.6 Å². The number of nitrogens with zero attached hydrogens (tertiary/aromatic N) is 2. The Morgan fingerprint density at radius 2 is 2.17 bits per heavy atom. The third kappa shape index (κ3) is 2.93. The van der Waals surface area contributed by atoms with Crippen molar-refractivity contribution < 1.29 is 9.84 Å². The van der Waals surface area contributed by atoms with E-state index in [-0.39, 0.29) is 6.61 Å². The SMILES string of the molecule is Cc1nc(NN)cc(Oc2cccc(CO)c2)n1. The van der Waals surface area contributed by atoms with Crippen molar-refractivity contribution in [2.45, 2.75) is 13.5 Å². The standard InChI is InChI=1S/C12H14N4O2/c1-8-14-11(16-13)6-12(15-8)18-10-4-2-3-9(5-10)7-17/h2-6,17H,7,13H2,1H3,(H,14,15,16). The molecule has 0 spiro atoms. The molecule has 0 aliphatic heterocycles. The quantitative estimate of drug-likeness (QED) is 0.557. The highest BCUT2D eigenvalue weighted by atomic mass is 16.5. The third-order valence-electron chi connectivity index (χ3n) is 2.27. The van der Waals surface area contributed by atoms with E-state index in [2.05, 4.69) is 15.4 Å². The highest BCUT2D eigenvalue weighted by Crippen LogP contribution is 2.22. The normalized spacial score (nSPS) is 10.2. The summed E-state index contributed by atoms with van der Waals surface area (Å²) < 4.78 is 5.59. The Balaban J connectivity index is 2.24. The lowest BCUT2D eigenvalue weighted by Gasteiger charge is -2.08. The monoisotopic (exact) mass is 246 g/mol. The average molecular weight is 246 g/mol. The number of aliphatic hydroxyl groups is 1. The van der Waals surface area contributed by atoms with Gasteiger partial charge < -0.3 is 15.3 Å². The summed E-state index contributed by atoms with van der Waals surface area (Å²) in [6, 6.07) is 8.74. The van der Waals surface area contributed by atoms with Crippen molar-refractivity contribution in [2.24, 2.45) is 5.84 Å². The molecule has 1 aromatic heterocycles. The first-order valence-corrected chi connectivity index (χ1v) is 5.41. The van der Waals surface area contributed by atoms with Crippen LogP contribution in [0.25, 0.3) is 0 Å². The summed E-state index contributed by atoms with van der Waals surface area (Å²) in [6.45, 7) is 1.72. The molecule has 0 unspecified atom stereocenters. The molecule has 0 amide bonds. The van der Waals surface area contributed by atoms with E-state index in [0.717, 1.165) is 5.56 Å². The number of nitrogens with two attached hydrogens (primary N) is 1. The van der Waals surface area contributed by atoms with Gasteiger partial charge in [0.15, 0.2) is 0 Å². The van der Waals surface area contributed by atoms with Gasteiger partial charge in [0.2, 0.25) is 5.88 Å². The maximum atomic E-state index is 9.05. The van der Waals surface area contributed by atoms with Gasteiger partial charge in [-0.15, -0.1) is 0 Å². The van der Waals surface area contributed by atoms with Gasteiger partial charge in [0.1, 0.15) is 17.4 Å². The highest BCUT2D eigenvalue weighted by Gasteiger charge is 2.04. The number of hydrogen-bond donors (Lipinski definition) is 3. The van der Waals surface area contributed by atoms with Crippen LogP contribution >= 0.6 is 0 Å². The minimum atomic E-state index is -0.0321. The lowest BCUT2D eigenvalue weighted by molar-refractivity contribution is 0.281. The van der Waals surface area contributed by atoms with E-state index in [1.54, 1.807) is 31.2 Å². The van der Waals surface area contributed by atoms with Gasteiger partial charge in [-0.3, -0.25) is 0 Å². The van der Waals surface area contributed by atoms with Crippen LogP contribution in [0.3, 0.4) is 0 Å². The first-order valence-electron chi connectivity index (χ1n) is 5.41. The summed E-state index contributed by atoms with van der Waals surface area (Å²) >= 11 is 0. The van der Waals surface area contributed by atoms with Crippen molar-refractivity contribution >= 4 is 5.82 Å². The Kier molecular flexibility index (Phi) is 3.71. The highest BCUT2D eigenvalue weighted by molar-refractivity contribution is 5.39. The molecule has 0 aliphatic carbocycles. The van der Waals surface area contributed by atoms with Crippen LogP contribution in [0.1, 0.15) is 11.4 Å². The molecule has 94 valence electrons. The number of anilines is 1. The summed E-state index contributed by atoms with van der Waals surface area (Å²) in [5.41, 5.74) is 3.22. The second kappa shape index (κ2) is 5.44. The molecular formula is C12H14N4O2. The van der Waals surface area contributed by atoms with E-state index < -0.39 is 0 Å². The lowest BCUT2D eigenvalue weighted by atomic mass is 10.2. The predicted molar refractivity (Wildman–Crippen MR) is 67.0 cm³/mol. The minimum absolute atomic E-state index is 0.0321. The maximum absolute atomic E-state index is 9.05. The molecule has 6 nitrogen and oxygen atoms in total. The zero-order valence-electron chi connectivity index (χ0n) is 9.92. The van der Waals surface area contributed by atoms with E-state index in [1.165, 1.54) is 0 Å². The van der Waals surface area contributed by atoms with Crippen LogP contribution in [0.2, 0.25) is 0 Å². The summed E-state index contributed by atoms with van der Waals surface area (Å²) in [4.78, 5) is 8.20. The largest absolute Gasteiger partial charge is 0.439 e. The molecule has 0 aliphatic rings. The molecule has 6 heteroatoms. The number of aromatic nitrogens is 2. The average Bonchev–Trinajstić information content (AvgIpc) is 2.38. The summed E-state index contributed by atoms with van der Waals surface area (Å²) in [5.74, 6) is 7.33. The first kappa shape index (κ1) is 12.3. The van der Waals surface area contributed by atoms with Gasteiger partial charge in [0, 0.05) is 6.07 Å². The topological polar surface area (TPSA) is 93.3 Å². The number of nitrogens with one attached hydrogen (secondary N) is 1. The Morgan fingerprint density at radius 3 is 2.89 bits per heavy atom. The van der Waals surface area contributed by atoms with Gasteiger partial charge in [-0.1, -0.05) is 12.1 Å². The van der Waals surface area contributed by atoms with E-state index in [9.17, 15) is 0 Å². The summed E-state index contributed by atoms with van der Waals surface area (Å²) in [7, 11) is 0. The molecule has 0 saturated heterocycles. The molecule has 0 saturated carbocycles. The zero-order chi connectivity index (χ0) is 13.0. The smallest absolute Gasteiger partial charge is 0.224 e. The minimum Gasteiger partial charge on any atom is -0.439 e. The van der Waals surface area contributed by atoms with E-state index in [4.69, 9.17) is 15.7 Å². The van der Waals surface area contributed by atoms with Gasteiger partial charge in [-0.25, -0.2) is 10.8 Å². The van der Waals surface area contributed by atoms with E-state index >= 15 is 0 Å². The zero-order valence-corrected chi connectivity index (χ0v) is 9.92. The van der Waals surface area contributed by atoms with Crippen LogP contribution in [-0.4, -0.2) is 15.1 Å². The maximum Gasteiger partial charge on any atom is 0.224 e. The van der Waals surface area contributed by atoms with Crippen LogP contribution in [-0.2, 0) is 6.61 Å². The number of nitrogen functional groups attached to an aromatic ring is 1. The molecule has 1 aromatic carbocycles. The molecule has 0 bridgehead atoms. The number of hydrogen-bond acceptors (Lipinski definition) is 6. The van der Waals surface area contributed by atoms with Crippen molar-refractivity contribution in [3.8, 4) is 11.6 Å². The number of aryl methyl sites for hydroxylation is 1. The molecule has 2 rings (SSSR count). The van der Waals surface area contributed by atoms with Crippen molar-refractivity contribution in [1.82, 2.24) is 9.97 Å². The van der Waals surface area contributed by atoms with Crippen molar-refractivity contribution in [3.05, 3.63) is 41.7 Å². The molecule has 18 heavy (non-hydrogen) atoms. The van der Waals surface area contributed by atoms with Crippen LogP contribution < -0.4 is 16.0 Å². The Labute approximate surface area is 104 Å². The second-order valence-corrected chi connectivity index (χ2v) is 3.69. The fourth-order valence-electron chi connectivity index (χ4n) is 1.49. The number of aliphatic hydroxyl groups excluding tert-OH is 1.